The first kappa shape index (κ1) is 12.2. The summed E-state index contributed by atoms with van der Waals surface area (Å²) in [6.07, 6.45) is 4.12. The fraction of sp³-hybridized carbons (Fsp3) is 0.727. The van der Waals surface area contributed by atoms with Gasteiger partial charge in [-0.2, -0.15) is 0 Å². The van der Waals surface area contributed by atoms with Crippen molar-refractivity contribution in [1.29, 1.82) is 0 Å². The standard InChI is InChI=1S/C11H22N2/c1-7-8-13(10(4)5)11(6)12-9(2)3/h7-10H,1-6H3/b8-7+,12-11?. The largest absolute Gasteiger partial charge is 0.335 e. The molecule has 0 fully saturated rings. The maximum absolute atomic E-state index is 4.51. The van der Waals surface area contributed by atoms with Crippen LogP contribution in [0, 0.1) is 0 Å². The van der Waals surface area contributed by atoms with E-state index in [-0.39, 0.29) is 0 Å². The first-order chi connectivity index (χ1) is 5.99. The summed E-state index contributed by atoms with van der Waals surface area (Å²) in [7, 11) is 0. The van der Waals surface area contributed by atoms with Gasteiger partial charge in [-0.15, -0.1) is 0 Å². The summed E-state index contributed by atoms with van der Waals surface area (Å²) in [6.45, 7) is 12.6. The van der Waals surface area contributed by atoms with Gasteiger partial charge < -0.3 is 4.90 Å². The molecule has 0 heterocycles. The molecule has 0 aliphatic carbocycles. The Labute approximate surface area is 82.4 Å². The molecule has 2 nitrogen and oxygen atoms in total. The molecule has 2 heteroatoms. The average Bonchev–Trinajstić information content (AvgIpc) is 1.97. The Morgan fingerprint density at radius 1 is 1.23 bits per heavy atom. The van der Waals surface area contributed by atoms with E-state index in [1.54, 1.807) is 0 Å². The summed E-state index contributed by atoms with van der Waals surface area (Å²) in [6, 6.07) is 0.838. The van der Waals surface area contributed by atoms with Crippen LogP contribution in [0.25, 0.3) is 0 Å². The third kappa shape index (κ3) is 4.71. The van der Waals surface area contributed by atoms with Gasteiger partial charge in [-0.3, -0.25) is 4.99 Å². The fourth-order valence-corrected chi connectivity index (χ4v) is 1.25. The zero-order valence-electron chi connectivity index (χ0n) is 9.70. The van der Waals surface area contributed by atoms with Crippen molar-refractivity contribution in [1.82, 2.24) is 4.90 Å². The minimum absolute atomic E-state index is 0.367. The molecule has 76 valence electrons. The van der Waals surface area contributed by atoms with E-state index in [1.165, 1.54) is 0 Å². The lowest BCUT2D eigenvalue weighted by atomic mass is 10.3. The zero-order valence-corrected chi connectivity index (χ0v) is 9.70. The second kappa shape index (κ2) is 5.79. The third-order valence-electron chi connectivity index (χ3n) is 1.68. The van der Waals surface area contributed by atoms with Crippen molar-refractivity contribution in [2.45, 2.75) is 53.6 Å². The van der Waals surface area contributed by atoms with E-state index in [0.29, 0.717) is 12.1 Å². The second-order valence-corrected chi connectivity index (χ2v) is 3.75. The Kier molecular flexibility index (Phi) is 5.44. The fourth-order valence-electron chi connectivity index (χ4n) is 1.25. The number of allylic oxidation sites excluding steroid dienone is 1. The van der Waals surface area contributed by atoms with E-state index in [2.05, 4.69) is 50.7 Å². The molecule has 13 heavy (non-hydrogen) atoms. The molecule has 0 atom stereocenters. The van der Waals surface area contributed by atoms with Crippen molar-refractivity contribution in [2.75, 3.05) is 0 Å². The number of hydrogen-bond acceptors (Lipinski definition) is 1. The summed E-state index contributed by atoms with van der Waals surface area (Å²) < 4.78 is 0. The van der Waals surface area contributed by atoms with E-state index in [9.17, 15) is 0 Å². The minimum atomic E-state index is 0.367. The van der Waals surface area contributed by atoms with Crippen molar-refractivity contribution in [2.24, 2.45) is 4.99 Å². The lowest BCUT2D eigenvalue weighted by Gasteiger charge is -2.24. The van der Waals surface area contributed by atoms with E-state index in [1.807, 2.05) is 13.0 Å². The molecule has 0 saturated heterocycles. The zero-order chi connectivity index (χ0) is 10.4. The summed E-state index contributed by atoms with van der Waals surface area (Å²) in [5, 5.41) is 0. The van der Waals surface area contributed by atoms with Crippen molar-refractivity contribution in [3.8, 4) is 0 Å². The molecule has 0 saturated carbocycles. The number of nitrogens with zero attached hydrogens (tertiary/aromatic N) is 2. The summed E-state index contributed by atoms with van der Waals surface area (Å²) >= 11 is 0. The molecule has 0 rings (SSSR count). The Bertz CT molecular complexity index is 190. The Morgan fingerprint density at radius 2 is 1.77 bits per heavy atom. The van der Waals surface area contributed by atoms with Crippen molar-refractivity contribution in [3.63, 3.8) is 0 Å². The lowest BCUT2D eigenvalue weighted by Crippen LogP contribution is -2.30. The monoisotopic (exact) mass is 182 g/mol. The quantitative estimate of drug-likeness (QED) is 0.484. The first-order valence-corrected chi connectivity index (χ1v) is 4.94. The highest BCUT2D eigenvalue weighted by atomic mass is 15.2. The second-order valence-electron chi connectivity index (χ2n) is 3.75. The van der Waals surface area contributed by atoms with Crippen LogP contribution >= 0.6 is 0 Å². The topological polar surface area (TPSA) is 15.6 Å². The first-order valence-electron chi connectivity index (χ1n) is 4.94. The molecular formula is C11H22N2. The predicted molar refractivity (Wildman–Crippen MR) is 60.0 cm³/mol. The van der Waals surface area contributed by atoms with Crippen LogP contribution in [-0.2, 0) is 0 Å². The molecule has 0 bridgehead atoms. The van der Waals surface area contributed by atoms with Crippen LogP contribution in [-0.4, -0.2) is 22.8 Å². The van der Waals surface area contributed by atoms with Gasteiger partial charge in [0.25, 0.3) is 0 Å². The molecule has 0 N–H and O–H groups in total. The van der Waals surface area contributed by atoms with Crippen LogP contribution in [0.2, 0.25) is 0 Å². The van der Waals surface area contributed by atoms with Crippen molar-refractivity contribution in [3.05, 3.63) is 12.3 Å². The Morgan fingerprint density at radius 3 is 2.08 bits per heavy atom. The van der Waals surface area contributed by atoms with Crippen LogP contribution in [0.1, 0.15) is 41.5 Å². The van der Waals surface area contributed by atoms with Gasteiger partial charge in [-0.1, -0.05) is 6.08 Å². The predicted octanol–water partition coefficient (Wildman–Crippen LogP) is 3.06. The van der Waals surface area contributed by atoms with Gasteiger partial charge in [0.15, 0.2) is 0 Å². The van der Waals surface area contributed by atoms with Gasteiger partial charge in [0.05, 0.1) is 0 Å². The SMILES string of the molecule is C/C=C/N(C(C)=NC(C)C)C(C)C. The molecule has 0 spiro atoms. The number of rotatable bonds is 3. The maximum atomic E-state index is 4.51. The van der Waals surface area contributed by atoms with Gasteiger partial charge in [0.1, 0.15) is 5.84 Å². The minimum Gasteiger partial charge on any atom is -0.335 e. The Balaban J connectivity index is 4.54. The summed E-state index contributed by atoms with van der Waals surface area (Å²) in [4.78, 5) is 6.69. The van der Waals surface area contributed by atoms with Gasteiger partial charge in [0, 0.05) is 18.3 Å². The molecule has 0 amide bonds. The van der Waals surface area contributed by atoms with Crippen molar-refractivity contribution >= 4 is 5.84 Å². The molecule has 0 aromatic rings. The number of aliphatic imine (C=N–C) groups is 1. The van der Waals surface area contributed by atoms with Crippen LogP contribution in [0.5, 0.6) is 0 Å². The van der Waals surface area contributed by atoms with Crippen LogP contribution in [0.15, 0.2) is 17.3 Å². The van der Waals surface area contributed by atoms with Crippen LogP contribution < -0.4 is 0 Å². The van der Waals surface area contributed by atoms with E-state index in [4.69, 9.17) is 0 Å². The van der Waals surface area contributed by atoms with Crippen molar-refractivity contribution < 1.29 is 0 Å². The summed E-state index contributed by atoms with van der Waals surface area (Å²) in [5.74, 6) is 1.09. The molecule has 0 aromatic carbocycles. The number of amidine groups is 1. The third-order valence-corrected chi connectivity index (χ3v) is 1.68. The normalized spacial score (nSPS) is 13.4. The van der Waals surface area contributed by atoms with Gasteiger partial charge in [-0.25, -0.2) is 0 Å². The van der Waals surface area contributed by atoms with Gasteiger partial charge >= 0.3 is 0 Å². The van der Waals surface area contributed by atoms with Gasteiger partial charge in [0.2, 0.25) is 0 Å². The highest BCUT2D eigenvalue weighted by Gasteiger charge is 2.07. The molecular weight excluding hydrogens is 160 g/mol. The lowest BCUT2D eigenvalue weighted by molar-refractivity contribution is 0.452. The highest BCUT2D eigenvalue weighted by molar-refractivity contribution is 5.81. The molecule has 0 radical (unpaired) electrons. The Hall–Kier alpha value is -0.790. The molecule has 0 unspecified atom stereocenters. The summed E-state index contributed by atoms with van der Waals surface area (Å²) in [5.41, 5.74) is 0. The van der Waals surface area contributed by atoms with E-state index < -0.39 is 0 Å². The smallest absolute Gasteiger partial charge is 0.100 e. The molecule has 0 aliphatic heterocycles. The molecule has 0 aliphatic rings. The van der Waals surface area contributed by atoms with Crippen LogP contribution in [0.4, 0.5) is 0 Å². The van der Waals surface area contributed by atoms with E-state index >= 15 is 0 Å². The average molecular weight is 182 g/mol. The maximum Gasteiger partial charge on any atom is 0.100 e. The number of hydrogen-bond donors (Lipinski definition) is 0. The van der Waals surface area contributed by atoms with E-state index in [0.717, 1.165) is 5.84 Å². The van der Waals surface area contributed by atoms with Gasteiger partial charge in [-0.05, 0) is 41.5 Å². The highest BCUT2D eigenvalue weighted by Crippen LogP contribution is 2.03. The van der Waals surface area contributed by atoms with Crippen LogP contribution in [0.3, 0.4) is 0 Å². The molecule has 0 aromatic heterocycles.